The number of nitrogens with zero attached hydrogens (tertiary/aromatic N) is 4. The fraction of sp³-hybridized carbons (Fsp3) is 0.634. The first-order chi connectivity index (χ1) is 58.2. The van der Waals surface area contributed by atoms with E-state index in [0.29, 0.717) is 84.4 Å². The highest BCUT2D eigenvalue weighted by Gasteiger charge is 2.65. The fourth-order valence-corrected chi connectivity index (χ4v) is 18.8. The summed E-state index contributed by atoms with van der Waals surface area (Å²) in [6.45, 7) is -8.45. The van der Waals surface area contributed by atoms with E-state index < -0.39 is 224 Å². The first-order valence-corrected chi connectivity index (χ1v) is 41.0. The summed E-state index contributed by atoms with van der Waals surface area (Å²) in [7, 11) is -5.24. The molecule has 4 aliphatic carbocycles. The number of amides is 4. The molecule has 2 aromatic heterocycles. The zero-order valence-corrected chi connectivity index (χ0v) is 66.0. The summed E-state index contributed by atoms with van der Waals surface area (Å²) < 4.78 is 266. The monoisotopic (exact) mass is 1650 g/mol. The van der Waals surface area contributed by atoms with Gasteiger partial charge in [0.15, 0.2) is 11.6 Å². The second-order valence-electron chi connectivity index (χ2n) is 32.9. The maximum Gasteiger partial charge on any atom is 0.427 e. The molecule has 14 atom stereocenters. The molecule has 624 valence electrons. The topological polar surface area (TPSA) is 317 Å². The van der Waals surface area contributed by atoms with Gasteiger partial charge in [-0.2, -0.15) is 26.3 Å². The van der Waals surface area contributed by atoms with E-state index in [1.54, 1.807) is 74.5 Å². The van der Waals surface area contributed by atoms with Gasteiger partial charge in [0.1, 0.15) is 23.7 Å². The third kappa shape index (κ3) is 18.7. The lowest BCUT2D eigenvalue weighted by Crippen LogP contribution is -2.48. The van der Waals surface area contributed by atoms with Crippen LogP contribution in [-0.2, 0) is 67.9 Å². The number of rotatable bonds is 18. The van der Waals surface area contributed by atoms with E-state index in [1.165, 1.54) is 40.5 Å². The molecule has 32 heteroatoms. The molecular formula is C82H104F6N6O18S2. The highest BCUT2D eigenvalue weighted by atomic mass is 32.2. The van der Waals surface area contributed by atoms with Gasteiger partial charge in [-0.3, -0.25) is 47.8 Å². The van der Waals surface area contributed by atoms with Crippen LogP contribution in [0.15, 0.2) is 85.2 Å². The van der Waals surface area contributed by atoms with Gasteiger partial charge in [0.25, 0.3) is 0 Å². The Hall–Kier alpha value is -8.42. The predicted molar refractivity (Wildman–Crippen MR) is 407 cm³/mol. The van der Waals surface area contributed by atoms with Crippen LogP contribution in [0, 0.1) is 58.2 Å². The van der Waals surface area contributed by atoms with Crippen molar-refractivity contribution < 1.29 is 126 Å². The van der Waals surface area contributed by atoms with E-state index in [9.17, 15) is 81.5 Å². The van der Waals surface area contributed by atoms with Crippen molar-refractivity contribution in [1.29, 1.82) is 0 Å². The molecule has 2 unspecified atom stereocenters. The van der Waals surface area contributed by atoms with E-state index >= 15 is 0 Å². The lowest BCUT2D eigenvalue weighted by atomic mass is 9.82. The van der Waals surface area contributed by atoms with Crippen LogP contribution in [0.3, 0.4) is 0 Å². The third-order valence-corrected chi connectivity index (χ3v) is 28.4. The van der Waals surface area contributed by atoms with Crippen LogP contribution < -0.4 is 28.4 Å². The van der Waals surface area contributed by atoms with Gasteiger partial charge in [-0.15, -0.1) is 0 Å². The Bertz CT molecular complexity index is 4780. The number of methoxy groups -OCH3 is 2. The van der Waals surface area contributed by atoms with Crippen LogP contribution in [0.2, 0.25) is 0 Å². The SMILES string of the molecule is [2H]C([2H])([2H])C(OC(=O)C[C@@H]1C(=O)N2C[C@H](Oc3nccc4cc(OC)ccc34)CC2C(=O)C[C@]2(C(=O)NS(=O)(=O)C3(C)CC3)C[C@H]2/C=C\CC[C@@H](C)C[C@H]1C)(C([2H])([2H])[2H])C(F)(F)F.[2H]C([2H])([2H])C(OC(=O)C[C@@H]1C(=O)N2C[C@H](Oc3nccc4cc(OC)ccc34)CC2C(=O)C[C@]2(C(=O)NS(=O)(=O)C3(C)CC3)C[C@H]2/C=C\CC[C@H](C)C[C@H]1C)(C([2H])([2H])[2H])C(F)(F)F. The second-order valence-corrected chi connectivity index (χ2v) is 37.3. The molecule has 4 aromatic rings. The number of carbonyl (C=O) groups is 8. The van der Waals surface area contributed by atoms with E-state index in [1.807, 2.05) is 26.0 Å². The van der Waals surface area contributed by atoms with Crippen molar-refractivity contribution >= 4 is 88.7 Å². The number of Topliss-reactive ketones (excluding diaryl/α,β-unsaturated/α-hetero) is 2. The number of benzene rings is 2. The number of ether oxygens (including phenoxy) is 6. The number of halogens is 6. The molecule has 12 rings (SSSR count). The standard InChI is InChI=1S/2C41H52F3N3O9S/c2*1-24-9-7-8-10-27-21-40(27,37(51)46-57(52,53)39(5)14-15-39)22-33(48)32-19-29(55-35-30-12-11-28(54-6)18-26(30)13-16-45-35)23-47(32)36(50)31(25(2)17-24)20-34(49)56-38(3,4)41(42,43)44/h2*8,10-13,16,18,24-25,27,29,31-32H,7,9,14-15,17,19-23H2,1-6H3,(H,46,51)/b2*10-8-/t24-,25+,27+,29+,31-,32?,40+;24-,25-,27-,29-,31+,32?,40-/m01/s1/i2*3D3,4D3. The molecule has 4 aliphatic heterocycles. The molecule has 4 saturated carbocycles. The number of nitrogens with one attached hydrogen (secondary N) is 2. The van der Waals surface area contributed by atoms with Crippen molar-refractivity contribution in [2.24, 2.45) is 58.2 Å². The highest BCUT2D eigenvalue weighted by molar-refractivity contribution is 7.92. The molecule has 2 N–H and O–H groups in total. The number of esters is 2. The smallest absolute Gasteiger partial charge is 0.427 e. The Morgan fingerprint density at radius 3 is 1.26 bits per heavy atom. The van der Waals surface area contributed by atoms with Crippen LogP contribution in [-0.4, -0.2) is 168 Å². The zero-order valence-electron chi connectivity index (χ0n) is 76.4. The van der Waals surface area contributed by atoms with Crippen molar-refractivity contribution in [2.75, 3.05) is 27.3 Å². The normalized spacial score (nSPS) is 31.9. The van der Waals surface area contributed by atoms with Crippen molar-refractivity contribution in [3.8, 4) is 23.3 Å². The molecule has 0 radical (unpaired) electrons. The second kappa shape index (κ2) is 32.6. The van der Waals surface area contributed by atoms with Gasteiger partial charge in [0.2, 0.25) is 66.6 Å². The van der Waals surface area contributed by atoms with E-state index in [0.717, 1.165) is 9.80 Å². The molecule has 24 nitrogen and oxygen atoms in total. The number of sulfonamides is 2. The summed E-state index contributed by atoms with van der Waals surface area (Å²) in [6, 6.07) is 10.9. The van der Waals surface area contributed by atoms with Crippen LogP contribution >= 0.6 is 0 Å². The molecule has 6 heterocycles. The maximum absolute atomic E-state index is 15.0. The van der Waals surface area contributed by atoms with Gasteiger partial charge < -0.3 is 38.2 Å². The Morgan fingerprint density at radius 2 is 0.930 bits per heavy atom. The van der Waals surface area contributed by atoms with Crippen molar-refractivity contribution in [1.82, 2.24) is 29.2 Å². The van der Waals surface area contributed by atoms with Gasteiger partial charge in [-0.1, -0.05) is 52.0 Å². The van der Waals surface area contributed by atoms with Gasteiger partial charge in [-0.25, -0.2) is 26.8 Å². The van der Waals surface area contributed by atoms with Gasteiger partial charge in [-0.05, 0) is 213 Å². The van der Waals surface area contributed by atoms with Crippen molar-refractivity contribution in [2.45, 2.75) is 242 Å². The van der Waals surface area contributed by atoms with E-state index in [-0.39, 0.29) is 75.2 Å². The zero-order chi connectivity index (χ0) is 93.4. The predicted octanol–water partition coefficient (Wildman–Crippen LogP) is 12.9. The highest BCUT2D eigenvalue weighted by Crippen LogP contribution is 2.60. The quantitative estimate of drug-likeness (QED) is 0.0531. The Kier molecular flexibility index (Phi) is 20.3. The van der Waals surface area contributed by atoms with E-state index in [2.05, 4.69) is 28.9 Å². The van der Waals surface area contributed by atoms with E-state index in [4.69, 9.17) is 35.4 Å². The largest absolute Gasteiger partial charge is 0.497 e. The molecule has 2 saturated heterocycles. The van der Waals surface area contributed by atoms with Crippen LogP contribution in [0.4, 0.5) is 26.3 Å². The lowest BCUT2D eigenvalue weighted by molar-refractivity contribution is -0.257. The molecule has 6 fully saturated rings. The molecule has 8 aliphatic rings. The van der Waals surface area contributed by atoms with Crippen molar-refractivity contribution in [3.63, 3.8) is 0 Å². The van der Waals surface area contributed by atoms with Gasteiger partial charge in [0.05, 0.1) is 84.4 Å². The first-order valence-electron chi connectivity index (χ1n) is 44.1. The number of alkyl halides is 6. The average Bonchev–Trinajstić information content (AvgIpc) is 1.16. The number of hydrogen-bond donors (Lipinski definition) is 2. The lowest BCUT2D eigenvalue weighted by Gasteiger charge is -2.33. The summed E-state index contributed by atoms with van der Waals surface area (Å²) in [6.07, 6.45) is -3.69. The van der Waals surface area contributed by atoms with Crippen LogP contribution in [0.5, 0.6) is 23.3 Å². The minimum atomic E-state index is -6.10. The molecule has 114 heavy (non-hydrogen) atoms. The summed E-state index contributed by atoms with van der Waals surface area (Å²) >= 11 is 0. The number of carbonyl (C=O) groups excluding carboxylic acids is 8. The van der Waals surface area contributed by atoms with Gasteiger partial charge >= 0.3 is 24.3 Å². The number of allylic oxidation sites excluding steroid dienone is 4. The summed E-state index contributed by atoms with van der Waals surface area (Å²) in [5.41, 5.74) is -12.9. The minimum absolute atomic E-state index is 0.130. The summed E-state index contributed by atoms with van der Waals surface area (Å²) in [5.74, 6) is -13.5. The molecular weight excluding hydrogens is 1540 g/mol. The van der Waals surface area contributed by atoms with Crippen LogP contribution in [0.25, 0.3) is 21.5 Å². The minimum Gasteiger partial charge on any atom is -0.497 e. The molecule has 2 aromatic carbocycles. The number of fused-ring (bicyclic) bond motifs is 6. The average molecular weight is 1650 g/mol. The van der Waals surface area contributed by atoms with Crippen molar-refractivity contribution in [3.05, 3.63) is 85.2 Å². The first kappa shape index (κ1) is 70.9. The molecule has 0 bridgehead atoms. The third-order valence-electron chi connectivity index (χ3n) is 24.1. The number of hydrogen-bond acceptors (Lipinski definition) is 20. The Balaban J connectivity index is 0.000000245. The number of ketones is 2. The fourth-order valence-electron chi connectivity index (χ4n) is 16.1. The Morgan fingerprint density at radius 1 is 0.561 bits per heavy atom. The number of aromatic nitrogens is 2. The van der Waals surface area contributed by atoms with Crippen LogP contribution in [0.1, 0.15) is 201 Å². The molecule has 0 spiro atoms. The molecule has 4 amide bonds. The van der Waals surface area contributed by atoms with Gasteiger partial charge in [0, 0.05) is 65.3 Å². The number of pyridine rings is 2. The summed E-state index contributed by atoms with van der Waals surface area (Å²) in [5, 5.41) is 2.46. The Labute approximate surface area is 677 Å². The summed E-state index contributed by atoms with van der Waals surface area (Å²) in [4.78, 5) is 126. The maximum atomic E-state index is 15.0.